The van der Waals surface area contributed by atoms with E-state index in [1.807, 2.05) is 54.3 Å². The van der Waals surface area contributed by atoms with E-state index in [4.69, 9.17) is 0 Å². The minimum atomic E-state index is -0.260. The van der Waals surface area contributed by atoms with Gasteiger partial charge in [0.05, 0.1) is 18.8 Å². The zero-order valence-electron chi connectivity index (χ0n) is 15.2. The molecule has 0 bridgehead atoms. The lowest BCUT2D eigenvalue weighted by Crippen LogP contribution is -2.41. The number of benzene rings is 1. The lowest BCUT2D eigenvalue weighted by molar-refractivity contribution is 0.0450. The van der Waals surface area contributed by atoms with Gasteiger partial charge in [-0.15, -0.1) is 5.10 Å². The van der Waals surface area contributed by atoms with Crippen LogP contribution in [-0.4, -0.2) is 50.1 Å². The molecule has 1 N–H and O–H groups in total. The summed E-state index contributed by atoms with van der Waals surface area (Å²) in [6, 6.07) is 10.0. The Labute approximate surface area is 154 Å². The smallest absolute Gasteiger partial charge is 0.276 e. The number of amides is 1. The van der Waals surface area contributed by atoms with Crippen LogP contribution in [0, 0.1) is 5.92 Å². The van der Waals surface area contributed by atoms with E-state index in [1.165, 1.54) is 0 Å². The molecule has 2 heterocycles. The summed E-state index contributed by atoms with van der Waals surface area (Å²) < 4.78 is 1.67. The fraction of sp³-hybridized carbons (Fsp3) is 0.450. The van der Waals surface area contributed by atoms with Crippen LogP contribution in [0.2, 0.25) is 0 Å². The van der Waals surface area contributed by atoms with Crippen LogP contribution in [0.25, 0.3) is 6.08 Å². The molecule has 1 atom stereocenters. The zero-order valence-corrected chi connectivity index (χ0v) is 15.2. The highest BCUT2D eigenvalue weighted by Crippen LogP contribution is 2.23. The van der Waals surface area contributed by atoms with Crippen molar-refractivity contribution >= 4 is 12.0 Å². The summed E-state index contributed by atoms with van der Waals surface area (Å²) in [5.74, 6) is 0.218. The first-order chi connectivity index (χ1) is 12.7. The van der Waals surface area contributed by atoms with Gasteiger partial charge in [0.1, 0.15) is 0 Å². The van der Waals surface area contributed by atoms with Crippen LogP contribution >= 0.6 is 0 Å². The summed E-state index contributed by atoms with van der Waals surface area (Å²) in [5.41, 5.74) is 1.51. The van der Waals surface area contributed by atoms with E-state index in [2.05, 4.69) is 10.3 Å². The molecule has 1 fully saturated rings. The van der Waals surface area contributed by atoms with Gasteiger partial charge in [-0.2, -0.15) is 0 Å². The van der Waals surface area contributed by atoms with Gasteiger partial charge >= 0.3 is 0 Å². The van der Waals surface area contributed by atoms with E-state index in [0.29, 0.717) is 31.2 Å². The molecular formula is C20H26N4O2. The van der Waals surface area contributed by atoms with Crippen LogP contribution in [0.15, 0.2) is 42.6 Å². The minimum absolute atomic E-state index is 0.0762. The fourth-order valence-corrected chi connectivity index (χ4v) is 3.33. The van der Waals surface area contributed by atoms with Crippen molar-refractivity contribution in [2.45, 2.75) is 38.8 Å². The lowest BCUT2D eigenvalue weighted by atomic mass is 9.90. The minimum Gasteiger partial charge on any atom is -0.393 e. The van der Waals surface area contributed by atoms with Crippen molar-refractivity contribution < 1.29 is 9.90 Å². The van der Waals surface area contributed by atoms with Gasteiger partial charge in [0.15, 0.2) is 5.69 Å². The van der Waals surface area contributed by atoms with E-state index in [0.717, 1.165) is 24.8 Å². The molecule has 1 unspecified atom stereocenters. The number of aromatic nitrogens is 3. The molecule has 26 heavy (non-hydrogen) atoms. The van der Waals surface area contributed by atoms with E-state index in [-0.39, 0.29) is 12.0 Å². The van der Waals surface area contributed by atoms with Crippen molar-refractivity contribution in [3.05, 3.63) is 53.9 Å². The first-order valence-electron chi connectivity index (χ1n) is 9.26. The molecule has 0 aliphatic carbocycles. The number of aliphatic hydroxyl groups excluding tert-OH is 1. The predicted octanol–water partition coefficient (Wildman–Crippen LogP) is 2.61. The Bertz CT molecular complexity index is 733. The van der Waals surface area contributed by atoms with Gasteiger partial charge in [0.2, 0.25) is 0 Å². The maximum absolute atomic E-state index is 12.6. The van der Waals surface area contributed by atoms with Crippen molar-refractivity contribution in [1.82, 2.24) is 19.9 Å². The van der Waals surface area contributed by atoms with Crippen molar-refractivity contribution in [2.24, 2.45) is 5.92 Å². The number of hydrogen-bond donors (Lipinski definition) is 1. The van der Waals surface area contributed by atoms with Crippen molar-refractivity contribution in [3.8, 4) is 0 Å². The Morgan fingerprint density at radius 2 is 2.04 bits per heavy atom. The van der Waals surface area contributed by atoms with Gasteiger partial charge in [-0.05, 0) is 30.7 Å². The zero-order chi connectivity index (χ0) is 18.4. The van der Waals surface area contributed by atoms with Crippen molar-refractivity contribution in [2.75, 3.05) is 13.1 Å². The average molecular weight is 354 g/mol. The molecule has 2 aromatic rings. The quantitative estimate of drug-likeness (QED) is 0.866. The number of allylic oxidation sites excluding steroid dienone is 1. The maximum Gasteiger partial charge on any atom is 0.276 e. The summed E-state index contributed by atoms with van der Waals surface area (Å²) in [4.78, 5) is 14.4. The number of aliphatic hydroxyl groups is 1. The molecule has 0 radical (unpaired) electrons. The number of likely N-dealkylation sites (tertiary alicyclic amines) is 1. The van der Waals surface area contributed by atoms with Crippen molar-refractivity contribution in [3.63, 3.8) is 0 Å². The molecule has 6 heteroatoms. The third-order valence-corrected chi connectivity index (χ3v) is 4.95. The summed E-state index contributed by atoms with van der Waals surface area (Å²) in [6.45, 7) is 3.90. The normalized spacial score (nSPS) is 16.9. The Balaban J connectivity index is 1.53. The summed E-state index contributed by atoms with van der Waals surface area (Å²) in [5, 5.41) is 18.0. The molecule has 1 aromatic heterocycles. The Kier molecular flexibility index (Phi) is 6.17. The van der Waals surface area contributed by atoms with E-state index in [9.17, 15) is 9.90 Å². The Morgan fingerprint density at radius 3 is 2.73 bits per heavy atom. The maximum atomic E-state index is 12.6. The summed E-state index contributed by atoms with van der Waals surface area (Å²) in [6.07, 6.45) is 7.91. The SMILES string of the molecule is CCC(O)C1CCN(C(=O)c2cn(CC=Cc3ccccc3)nn2)CC1. The lowest BCUT2D eigenvalue weighted by Gasteiger charge is -2.33. The Hall–Kier alpha value is -2.47. The Morgan fingerprint density at radius 1 is 1.31 bits per heavy atom. The molecule has 1 aliphatic heterocycles. The number of carbonyl (C=O) groups excluding carboxylic acids is 1. The van der Waals surface area contributed by atoms with E-state index < -0.39 is 0 Å². The first-order valence-corrected chi connectivity index (χ1v) is 9.26. The molecule has 138 valence electrons. The van der Waals surface area contributed by atoms with Crippen molar-refractivity contribution in [1.29, 1.82) is 0 Å². The number of hydrogen-bond acceptors (Lipinski definition) is 4. The van der Waals surface area contributed by atoms with Crippen LogP contribution < -0.4 is 0 Å². The summed E-state index contributed by atoms with van der Waals surface area (Å²) in [7, 11) is 0. The standard InChI is InChI=1S/C20H26N4O2/c1-2-19(25)17-10-13-23(14-11-17)20(26)18-15-24(22-21-18)12-6-9-16-7-4-3-5-8-16/h3-9,15,17,19,25H,2,10-14H2,1H3. The van der Waals surface area contributed by atoms with Gasteiger partial charge in [0, 0.05) is 13.1 Å². The second-order valence-electron chi connectivity index (χ2n) is 6.74. The molecule has 1 aromatic carbocycles. The molecule has 3 rings (SSSR count). The van der Waals surface area contributed by atoms with Gasteiger partial charge < -0.3 is 10.0 Å². The molecule has 1 amide bonds. The molecule has 0 spiro atoms. The highest BCUT2D eigenvalue weighted by molar-refractivity contribution is 5.92. The van der Waals surface area contributed by atoms with Gasteiger partial charge in [-0.25, -0.2) is 4.68 Å². The van der Waals surface area contributed by atoms with Crippen LogP contribution in [0.5, 0.6) is 0 Å². The topological polar surface area (TPSA) is 71.2 Å². The number of rotatable bonds is 6. The average Bonchev–Trinajstić information content (AvgIpc) is 3.16. The third kappa shape index (κ3) is 4.58. The molecule has 1 aliphatic rings. The molecule has 0 saturated carbocycles. The van der Waals surface area contributed by atoms with Gasteiger partial charge in [0.25, 0.3) is 5.91 Å². The second kappa shape index (κ2) is 8.76. The highest BCUT2D eigenvalue weighted by Gasteiger charge is 2.28. The molecular weight excluding hydrogens is 328 g/mol. The van der Waals surface area contributed by atoms with Gasteiger partial charge in [-0.3, -0.25) is 4.79 Å². The van der Waals surface area contributed by atoms with E-state index >= 15 is 0 Å². The van der Waals surface area contributed by atoms with Crippen LogP contribution in [0.4, 0.5) is 0 Å². The molecule has 6 nitrogen and oxygen atoms in total. The highest BCUT2D eigenvalue weighted by atomic mass is 16.3. The number of nitrogens with zero attached hydrogens (tertiary/aromatic N) is 4. The summed E-state index contributed by atoms with van der Waals surface area (Å²) >= 11 is 0. The predicted molar refractivity (Wildman–Crippen MR) is 100 cm³/mol. The number of piperidine rings is 1. The third-order valence-electron chi connectivity index (χ3n) is 4.95. The second-order valence-corrected chi connectivity index (χ2v) is 6.74. The number of carbonyl (C=O) groups is 1. The largest absolute Gasteiger partial charge is 0.393 e. The first kappa shape index (κ1) is 18.3. The fourth-order valence-electron chi connectivity index (χ4n) is 3.33. The van der Waals surface area contributed by atoms with Crippen LogP contribution in [-0.2, 0) is 6.54 Å². The van der Waals surface area contributed by atoms with Crippen LogP contribution in [0.3, 0.4) is 0 Å². The van der Waals surface area contributed by atoms with Gasteiger partial charge in [-0.1, -0.05) is 54.6 Å². The monoisotopic (exact) mass is 354 g/mol. The van der Waals surface area contributed by atoms with E-state index in [1.54, 1.807) is 10.9 Å². The van der Waals surface area contributed by atoms with Crippen LogP contribution in [0.1, 0.15) is 42.2 Å². The molecule has 1 saturated heterocycles.